The van der Waals surface area contributed by atoms with Crippen molar-refractivity contribution in [3.8, 4) is 0 Å². The Hall–Kier alpha value is -3.35. The van der Waals surface area contributed by atoms with Crippen molar-refractivity contribution in [2.24, 2.45) is 0 Å². The van der Waals surface area contributed by atoms with Gasteiger partial charge in [-0.1, -0.05) is 18.2 Å². The third-order valence-electron chi connectivity index (χ3n) is 3.44. The topological polar surface area (TPSA) is 79.8 Å². The van der Waals surface area contributed by atoms with Crippen LogP contribution in [0.4, 0.5) is 10.2 Å². The Morgan fingerprint density at radius 2 is 1.84 bits per heavy atom. The number of carbonyl (C=O) groups excluding carboxylic acids is 1. The predicted octanol–water partition coefficient (Wildman–Crippen LogP) is 2.55. The third-order valence-corrected chi connectivity index (χ3v) is 3.44. The highest BCUT2D eigenvalue weighted by Gasteiger charge is 2.09. The van der Waals surface area contributed by atoms with Crippen molar-refractivity contribution < 1.29 is 9.18 Å². The lowest BCUT2D eigenvalue weighted by atomic mass is 10.2. The van der Waals surface area contributed by atoms with Gasteiger partial charge in [-0.3, -0.25) is 9.78 Å². The Balaban J connectivity index is 1.58. The van der Waals surface area contributed by atoms with Gasteiger partial charge in [-0.25, -0.2) is 14.4 Å². The number of carbonyl (C=O) groups is 1. The molecule has 0 saturated carbocycles. The van der Waals surface area contributed by atoms with Crippen molar-refractivity contribution in [2.45, 2.75) is 13.1 Å². The maximum Gasteiger partial charge on any atom is 0.270 e. The molecule has 126 valence electrons. The number of amides is 1. The maximum atomic E-state index is 12.9. The second-order valence-corrected chi connectivity index (χ2v) is 5.27. The molecule has 0 aliphatic carbocycles. The molecule has 0 spiro atoms. The summed E-state index contributed by atoms with van der Waals surface area (Å²) in [7, 11) is 0. The number of hydrogen-bond donors (Lipinski definition) is 2. The van der Waals surface area contributed by atoms with E-state index >= 15 is 0 Å². The van der Waals surface area contributed by atoms with Crippen molar-refractivity contribution in [1.82, 2.24) is 20.3 Å². The average molecular weight is 337 g/mol. The van der Waals surface area contributed by atoms with Gasteiger partial charge >= 0.3 is 0 Å². The van der Waals surface area contributed by atoms with E-state index in [0.717, 1.165) is 11.3 Å². The Kier molecular flexibility index (Phi) is 5.26. The van der Waals surface area contributed by atoms with E-state index in [1.165, 1.54) is 18.5 Å². The summed E-state index contributed by atoms with van der Waals surface area (Å²) in [5.41, 5.74) is 1.92. The number of benzene rings is 1. The molecule has 2 heterocycles. The molecular formula is C18H16FN5O. The summed E-state index contributed by atoms with van der Waals surface area (Å²) in [6.07, 6.45) is 2.99. The van der Waals surface area contributed by atoms with Gasteiger partial charge in [-0.15, -0.1) is 0 Å². The van der Waals surface area contributed by atoms with E-state index in [1.54, 1.807) is 24.4 Å². The number of aromatic nitrogens is 3. The smallest absolute Gasteiger partial charge is 0.270 e. The highest BCUT2D eigenvalue weighted by molar-refractivity contribution is 5.92. The minimum atomic E-state index is -0.308. The molecule has 1 aromatic carbocycles. The van der Waals surface area contributed by atoms with Crippen LogP contribution in [-0.2, 0) is 13.1 Å². The van der Waals surface area contributed by atoms with E-state index in [-0.39, 0.29) is 17.4 Å². The zero-order chi connectivity index (χ0) is 17.5. The van der Waals surface area contributed by atoms with Crippen LogP contribution in [0.25, 0.3) is 0 Å². The van der Waals surface area contributed by atoms with Gasteiger partial charge in [0.1, 0.15) is 23.7 Å². The molecule has 3 rings (SSSR count). The lowest BCUT2D eigenvalue weighted by molar-refractivity contribution is 0.0945. The quantitative estimate of drug-likeness (QED) is 0.723. The Bertz CT molecular complexity index is 840. The number of hydrogen-bond acceptors (Lipinski definition) is 5. The van der Waals surface area contributed by atoms with Crippen LogP contribution in [0.5, 0.6) is 0 Å². The fraction of sp³-hybridized carbons (Fsp3) is 0.111. The first-order valence-electron chi connectivity index (χ1n) is 7.69. The largest absolute Gasteiger partial charge is 0.366 e. The number of anilines is 1. The fourth-order valence-corrected chi connectivity index (χ4v) is 2.14. The molecule has 2 aromatic heterocycles. The summed E-state index contributed by atoms with van der Waals surface area (Å²) in [4.78, 5) is 24.4. The van der Waals surface area contributed by atoms with Crippen LogP contribution in [-0.4, -0.2) is 20.9 Å². The van der Waals surface area contributed by atoms with Gasteiger partial charge in [0.2, 0.25) is 0 Å². The molecule has 3 aromatic rings. The summed E-state index contributed by atoms with van der Waals surface area (Å²) in [5, 5.41) is 5.84. The van der Waals surface area contributed by atoms with Crippen molar-refractivity contribution in [1.29, 1.82) is 0 Å². The molecule has 0 unspecified atom stereocenters. The molecule has 0 bridgehead atoms. The van der Waals surface area contributed by atoms with Crippen LogP contribution in [0.2, 0.25) is 0 Å². The lowest BCUT2D eigenvalue weighted by Crippen LogP contribution is -2.24. The van der Waals surface area contributed by atoms with E-state index in [0.29, 0.717) is 18.9 Å². The van der Waals surface area contributed by atoms with Gasteiger partial charge in [-0.2, -0.15) is 0 Å². The van der Waals surface area contributed by atoms with Crippen LogP contribution in [0.3, 0.4) is 0 Å². The summed E-state index contributed by atoms with van der Waals surface area (Å²) in [6, 6.07) is 13.2. The van der Waals surface area contributed by atoms with E-state index in [9.17, 15) is 9.18 Å². The molecule has 2 N–H and O–H groups in total. The van der Waals surface area contributed by atoms with Crippen LogP contribution < -0.4 is 10.6 Å². The van der Waals surface area contributed by atoms with Gasteiger partial charge in [0.15, 0.2) is 0 Å². The molecule has 25 heavy (non-hydrogen) atoms. The first-order chi connectivity index (χ1) is 12.2. The van der Waals surface area contributed by atoms with E-state index in [1.807, 2.05) is 18.2 Å². The van der Waals surface area contributed by atoms with E-state index in [2.05, 4.69) is 25.6 Å². The molecule has 0 aliphatic rings. The number of nitrogens with one attached hydrogen (secondary N) is 2. The monoisotopic (exact) mass is 337 g/mol. The molecule has 0 saturated heterocycles. The van der Waals surface area contributed by atoms with Crippen LogP contribution in [0.15, 0.2) is 61.1 Å². The molecule has 7 heteroatoms. The molecule has 0 radical (unpaired) electrons. The molecule has 0 aliphatic heterocycles. The highest BCUT2D eigenvalue weighted by Crippen LogP contribution is 2.08. The standard InChI is InChI=1S/C18H16FN5O/c19-14-6-4-13(5-7-14)10-21-17-9-16(23-12-24-17)18(25)22-11-15-3-1-2-8-20-15/h1-9,12H,10-11H2,(H,22,25)(H,21,23,24). The van der Waals surface area contributed by atoms with E-state index < -0.39 is 0 Å². The third kappa shape index (κ3) is 4.81. The Morgan fingerprint density at radius 1 is 1.00 bits per heavy atom. The number of pyridine rings is 1. The fourth-order valence-electron chi connectivity index (χ4n) is 2.14. The summed E-state index contributed by atoms with van der Waals surface area (Å²) < 4.78 is 12.9. The predicted molar refractivity (Wildman–Crippen MR) is 91.2 cm³/mol. The number of rotatable bonds is 6. The van der Waals surface area contributed by atoms with Crippen LogP contribution in [0, 0.1) is 5.82 Å². The van der Waals surface area contributed by atoms with E-state index in [4.69, 9.17) is 0 Å². The normalized spacial score (nSPS) is 10.3. The van der Waals surface area contributed by atoms with Gasteiger partial charge < -0.3 is 10.6 Å². The maximum absolute atomic E-state index is 12.9. The molecule has 0 atom stereocenters. The second kappa shape index (κ2) is 7.96. The van der Waals surface area contributed by atoms with Crippen LogP contribution >= 0.6 is 0 Å². The SMILES string of the molecule is O=C(NCc1ccccn1)c1cc(NCc2ccc(F)cc2)ncn1. The Labute approximate surface area is 144 Å². The molecule has 6 nitrogen and oxygen atoms in total. The van der Waals surface area contributed by atoms with Crippen molar-refractivity contribution >= 4 is 11.7 Å². The summed E-state index contributed by atoms with van der Waals surface area (Å²) in [5.74, 6) is -0.0714. The summed E-state index contributed by atoms with van der Waals surface area (Å²) in [6.45, 7) is 0.786. The van der Waals surface area contributed by atoms with Gasteiger partial charge in [0.05, 0.1) is 12.2 Å². The number of halogens is 1. The molecular weight excluding hydrogens is 321 g/mol. The first kappa shape index (κ1) is 16.5. The zero-order valence-corrected chi connectivity index (χ0v) is 13.3. The zero-order valence-electron chi connectivity index (χ0n) is 13.3. The van der Waals surface area contributed by atoms with Gasteiger partial charge in [0, 0.05) is 18.8 Å². The van der Waals surface area contributed by atoms with Crippen molar-refractivity contribution in [2.75, 3.05) is 5.32 Å². The van der Waals surface area contributed by atoms with Gasteiger partial charge in [-0.05, 0) is 29.8 Å². The minimum absolute atomic E-state index is 0.257. The van der Waals surface area contributed by atoms with Crippen LogP contribution in [0.1, 0.15) is 21.7 Å². The number of nitrogens with zero attached hydrogens (tertiary/aromatic N) is 3. The Morgan fingerprint density at radius 3 is 2.60 bits per heavy atom. The van der Waals surface area contributed by atoms with Gasteiger partial charge in [0.25, 0.3) is 5.91 Å². The molecule has 0 fully saturated rings. The second-order valence-electron chi connectivity index (χ2n) is 5.27. The summed E-state index contributed by atoms with van der Waals surface area (Å²) >= 11 is 0. The minimum Gasteiger partial charge on any atom is -0.366 e. The van der Waals surface area contributed by atoms with Crippen molar-refractivity contribution in [3.05, 3.63) is 83.8 Å². The lowest BCUT2D eigenvalue weighted by Gasteiger charge is -2.08. The molecule has 1 amide bonds. The first-order valence-corrected chi connectivity index (χ1v) is 7.69. The average Bonchev–Trinajstić information content (AvgIpc) is 2.67. The highest BCUT2D eigenvalue weighted by atomic mass is 19.1. The van der Waals surface area contributed by atoms with Crippen molar-refractivity contribution in [3.63, 3.8) is 0 Å².